The van der Waals surface area contributed by atoms with E-state index in [1.807, 2.05) is 104 Å². The lowest BCUT2D eigenvalue weighted by Gasteiger charge is -2.24. The highest BCUT2D eigenvalue weighted by molar-refractivity contribution is 5.83. The molecule has 0 amide bonds. The summed E-state index contributed by atoms with van der Waals surface area (Å²) >= 11 is 0. The van der Waals surface area contributed by atoms with Crippen LogP contribution >= 0.6 is 0 Å². The third-order valence-electron chi connectivity index (χ3n) is 6.09. The Labute approximate surface area is 198 Å². The number of hydrogen-bond donors (Lipinski definition) is 1. The summed E-state index contributed by atoms with van der Waals surface area (Å²) in [6.07, 6.45) is 1.67. The van der Waals surface area contributed by atoms with Crippen LogP contribution in [0.2, 0.25) is 0 Å². The molecule has 0 unspecified atom stereocenters. The SMILES string of the molecule is Cc1nc2ccc(N(C)c3ccnc(N)c3)cc2c(=O)n1C(c1ccccc1)c1ccccc1. The fraction of sp³-hybridized carbons (Fsp3) is 0.107. The molecule has 6 heteroatoms. The number of pyridine rings is 1. The molecule has 5 rings (SSSR count). The first kappa shape index (κ1) is 21.4. The van der Waals surface area contributed by atoms with Crippen LogP contribution in [0.1, 0.15) is 23.0 Å². The van der Waals surface area contributed by atoms with E-state index < -0.39 is 0 Å². The lowest BCUT2D eigenvalue weighted by atomic mass is 9.98. The summed E-state index contributed by atoms with van der Waals surface area (Å²) in [6.45, 7) is 1.89. The standard InChI is InChI=1S/C28H25N5O/c1-19-31-25-14-13-22(32(2)23-15-16-30-26(29)18-23)17-24(25)28(34)33(19)27(20-9-5-3-6-10-20)21-11-7-4-8-12-21/h3-18,27H,1-2H3,(H2,29,30). The van der Waals surface area contributed by atoms with Crippen LogP contribution in [0.4, 0.5) is 17.2 Å². The first-order chi connectivity index (χ1) is 16.5. The Bertz CT molecular complexity index is 1470. The fourth-order valence-electron chi connectivity index (χ4n) is 4.37. The van der Waals surface area contributed by atoms with E-state index in [0.717, 1.165) is 22.5 Å². The van der Waals surface area contributed by atoms with E-state index in [-0.39, 0.29) is 11.6 Å². The number of aromatic nitrogens is 3. The van der Waals surface area contributed by atoms with Gasteiger partial charge < -0.3 is 10.6 Å². The van der Waals surface area contributed by atoms with Crippen LogP contribution in [0.15, 0.2) is 102 Å². The number of rotatable bonds is 5. The Morgan fingerprint density at radius 2 is 1.47 bits per heavy atom. The number of hydrogen-bond acceptors (Lipinski definition) is 5. The first-order valence-electron chi connectivity index (χ1n) is 11.1. The molecule has 0 saturated carbocycles. The molecular weight excluding hydrogens is 422 g/mol. The first-order valence-corrected chi connectivity index (χ1v) is 11.1. The maximum Gasteiger partial charge on any atom is 0.262 e. The molecule has 2 aromatic heterocycles. The van der Waals surface area contributed by atoms with Crippen LogP contribution in [0.25, 0.3) is 10.9 Å². The van der Waals surface area contributed by atoms with Crippen LogP contribution in [0.3, 0.4) is 0 Å². The summed E-state index contributed by atoms with van der Waals surface area (Å²) in [4.78, 5) is 24.8. The summed E-state index contributed by atoms with van der Waals surface area (Å²) in [6, 6.07) is 29.3. The smallest absolute Gasteiger partial charge is 0.262 e. The van der Waals surface area contributed by atoms with Gasteiger partial charge in [-0.1, -0.05) is 60.7 Å². The van der Waals surface area contributed by atoms with Gasteiger partial charge in [-0.15, -0.1) is 0 Å². The van der Waals surface area contributed by atoms with Crippen molar-refractivity contribution in [2.75, 3.05) is 17.7 Å². The number of nitrogens with zero attached hydrogens (tertiary/aromatic N) is 4. The Morgan fingerprint density at radius 3 is 2.09 bits per heavy atom. The van der Waals surface area contributed by atoms with Crippen molar-refractivity contribution >= 4 is 28.1 Å². The van der Waals surface area contributed by atoms with Gasteiger partial charge >= 0.3 is 0 Å². The van der Waals surface area contributed by atoms with Gasteiger partial charge in [-0.2, -0.15) is 0 Å². The maximum atomic E-state index is 14.0. The maximum absolute atomic E-state index is 14.0. The Morgan fingerprint density at radius 1 is 0.853 bits per heavy atom. The van der Waals surface area contributed by atoms with Crippen molar-refractivity contribution in [2.24, 2.45) is 0 Å². The number of aryl methyl sites for hydroxylation is 1. The van der Waals surface area contributed by atoms with Gasteiger partial charge in [0.1, 0.15) is 11.6 Å². The van der Waals surface area contributed by atoms with Crippen LogP contribution in [0.5, 0.6) is 0 Å². The second-order valence-corrected chi connectivity index (χ2v) is 8.26. The molecule has 0 fully saturated rings. The lowest BCUT2D eigenvalue weighted by Crippen LogP contribution is -2.29. The van der Waals surface area contributed by atoms with Gasteiger partial charge in [0.25, 0.3) is 5.56 Å². The minimum absolute atomic E-state index is 0.0790. The minimum Gasteiger partial charge on any atom is -0.384 e. The van der Waals surface area contributed by atoms with Crippen molar-refractivity contribution in [1.82, 2.24) is 14.5 Å². The van der Waals surface area contributed by atoms with Crippen molar-refractivity contribution in [3.8, 4) is 0 Å². The third-order valence-corrected chi connectivity index (χ3v) is 6.09. The summed E-state index contributed by atoms with van der Waals surface area (Å²) in [7, 11) is 1.94. The predicted molar refractivity (Wildman–Crippen MR) is 138 cm³/mol. The highest BCUT2D eigenvalue weighted by Crippen LogP contribution is 2.29. The van der Waals surface area contributed by atoms with Crippen LogP contribution < -0.4 is 16.2 Å². The van der Waals surface area contributed by atoms with Gasteiger partial charge in [0.05, 0.1) is 16.9 Å². The summed E-state index contributed by atoms with van der Waals surface area (Å²) in [5, 5.41) is 0.564. The number of anilines is 3. The quantitative estimate of drug-likeness (QED) is 0.406. The zero-order valence-electron chi connectivity index (χ0n) is 19.1. The van der Waals surface area contributed by atoms with Crippen molar-refractivity contribution in [3.05, 3.63) is 124 Å². The molecule has 3 aromatic carbocycles. The molecule has 0 aliphatic heterocycles. The average Bonchev–Trinajstić information content (AvgIpc) is 2.87. The molecule has 2 heterocycles. The topological polar surface area (TPSA) is 77.0 Å². The van der Waals surface area contributed by atoms with Gasteiger partial charge in [-0.25, -0.2) is 9.97 Å². The molecule has 0 aliphatic rings. The van der Waals surface area contributed by atoms with E-state index >= 15 is 0 Å². The van der Waals surface area contributed by atoms with Crippen molar-refractivity contribution in [3.63, 3.8) is 0 Å². The van der Waals surface area contributed by atoms with Gasteiger partial charge in [0.2, 0.25) is 0 Å². The largest absolute Gasteiger partial charge is 0.384 e. The van der Waals surface area contributed by atoms with Crippen LogP contribution in [-0.4, -0.2) is 21.6 Å². The van der Waals surface area contributed by atoms with E-state index in [9.17, 15) is 4.79 Å². The molecule has 0 atom stereocenters. The number of benzene rings is 3. The zero-order valence-corrected chi connectivity index (χ0v) is 19.1. The zero-order chi connectivity index (χ0) is 23.7. The monoisotopic (exact) mass is 447 g/mol. The van der Waals surface area contributed by atoms with Gasteiger partial charge in [-0.3, -0.25) is 9.36 Å². The highest BCUT2D eigenvalue weighted by atomic mass is 16.1. The Balaban J connectivity index is 1.70. The number of nitrogen functional groups attached to an aromatic ring is 1. The summed E-state index contributed by atoms with van der Waals surface area (Å²) in [5.41, 5.74) is 10.3. The van der Waals surface area contributed by atoms with Crippen molar-refractivity contribution < 1.29 is 0 Å². The molecular formula is C28H25N5O. The van der Waals surface area contributed by atoms with E-state index in [2.05, 4.69) is 4.98 Å². The van der Waals surface area contributed by atoms with Gasteiger partial charge in [0.15, 0.2) is 0 Å². The molecule has 2 N–H and O–H groups in total. The molecule has 5 aromatic rings. The normalized spacial score (nSPS) is 11.1. The average molecular weight is 448 g/mol. The number of fused-ring (bicyclic) bond motifs is 1. The summed E-state index contributed by atoms with van der Waals surface area (Å²) in [5.74, 6) is 1.11. The van der Waals surface area contributed by atoms with Gasteiger partial charge in [-0.05, 0) is 42.3 Å². The Hall–Kier alpha value is -4.45. The van der Waals surface area contributed by atoms with E-state index in [1.54, 1.807) is 16.8 Å². The second kappa shape index (κ2) is 8.83. The molecule has 0 bridgehead atoms. The predicted octanol–water partition coefficient (Wildman–Crippen LogP) is 5.09. The molecule has 6 nitrogen and oxygen atoms in total. The van der Waals surface area contributed by atoms with E-state index in [4.69, 9.17) is 10.7 Å². The minimum atomic E-state index is -0.284. The van der Waals surface area contributed by atoms with E-state index in [1.165, 1.54) is 0 Å². The molecule has 34 heavy (non-hydrogen) atoms. The molecule has 0 spiro atoms. The summed E-state index contributed by atoms with van der Waals surface area (Å²) < 4.78 is 1.79. The molecule has 0 aliphatic carbocycles. The van der Waals surface area contributed by atoms with Crippen molar-refractivity contribution in [2.45, 2.75) is 13.0 Å². The number of nitrogens with two attached hydrogens (primary N) is 1. The molecule has 168 valence electrons. The lowest BCUT2D eigenvalue weighted by molar-refractivity contribution is 0.620. The van der Waals surface area contributed by atoms with Crippen molar-refractivity contribution in [1.29, 1.82) is 0 Å². The fourth-order valence-corrected chi connectivity index (χ4v) is 4.37. The second-order valence-electron chi connectivity index (χ2n) is 8.26. The van der Waals surface area contributed by atoms with Crippen LogP contribution in [-0.2, 0) is 0 Å². The van der Waals surface area contributed by atoms with Crippen LogP contribution in [0, 0.1) is 6.92 Å². The third kappa shape index (κ3) is 3.90. The Kier molecular flexibility index (Phi) is 5.55. The van der Waals surface area contributed by atoms with E-state index in [0.29, 0.717) is 22.5 Å². The highest BCUT2D eigenvalue weighted by Gasteiger charge is 2.21. The molecule has 0 saturated heterocycles. The van der Waals surface area contributed by atoms with Gasteiger partial charge in [0, 0.05) is 30.7 Å². The molecule has 0 radical (unpaired) electrons.